The second kappa shape index (κ2) is 7.68. The number of piperazine rings is 1. The van der Waals surface area contributed by atoms with Crippen LogP contribution in [-0.4, -0.2) is 46.8 Å². The van der Waals surface area contributed by atoms with E-state index in [2.05, 4.69) is 14.5 Å². The van der Waals surface area contributed by atoms with Crippen molar-refractivity contribution < 1.29 is 13.2 Å². The van der Waals surface area contributed by atoms with E-state index in [-0.39, 0.29) is 6.17 Å². The van der Waals surface area contributed by atoms with Gasteiger partial charge in [-0.15, -0.1) is 0 Å². The molecule has 0 saturated carbocycles. The molecule has 0 spiro atoms. The highest BCUT2D eigenvalue weighted by Gasteiger charge is 2.31. The maximum atomic E-state index is 13.0. The Bertz CT molecular complexity index is 989. The van der Waals surface area contributed by atoms with Gasteiger partial charge in [-0.05, 0) is 30.3 Å². The van der Waals surface area contributed by atoms with Gasteiger partial charge in [-0.1, -0.05) is 18.2 Å². The molecule has 2 aromatic carbocycles. The van der Waals surface area contributed by atoms with Crippen molar-refractivity contribution in [1.82, 2.24) is 14.5 Å². The molecule has 0 radical (unpaired) electrons. The smallest absolute Gasteiger partial charge is 0.369 e. The molecule has 1 fully saturated rings. The fourth-order valence-electron chi connectivity index (χ4n) is 3.88. The van der Waals surface area contributed by atoms with Gasteiger partial charge in [-0.3, -0.25) is 4.90 Å². The van der Waals surface area contributed by atoms with Crippen LogP contribution >= 0.6 is 0 Å². The Morgan fingerprint density at radius 1 is 1.03 bits per heavy atom. The number of nitrogens with two attached hydrogens (primary N) is 1. The topological polar surface area (TPSA) is 50.3 Å². The number of aryl methyl sites for hydroxylation is 1. The van der Waals surface area contributed by atoms with Gasteiger partial charge in [-0.2, -0.15) is 13.2 Å². The highest BCUT2D eigenvalue weighted by Crippen LogP contribution is 2.32. The average Bonchev–Trinajstić information content (AvgIpc) is 3.03. The summed E-state index contributed by atoms with van der Waals surface area (Å²) in [4.78, 5) is 8.83. The molecule has 1 aliphatic rings. The normalized spacial score (nSPS) is 17.1. The van der Waals surface area contributed by atoms with Gasteiger partial charge >= 0.3 is 6.18 Å². The van der Waals surface area contributed by atoms with Crippen LogP contribution in [0.1, 0.15) is 11.4 Å². The average molecular weight is 403 g/mol. The number of para-hydroxylation sites is 2. The maximum absolute atomic E-state index is 13.0. The lowest BCUT2D eigenvalue weighted by atomic mass is 10.1. The standard InChI is InChI=1S/C21H24F3N5/c1-27-18-8-3-2-7-17(18)26-20(27)14-19(25)29-11-9-28(10-12-29)16-6-4-5-15(13-16)21(22,23)24/h2-8,13,19H,9-12,14,25H2,1H3. The highest BCUT2D eigenvalue weighted by atomic mass is 19.4. The van der Waals surface area contributed by atoms with Gasteiger partial charge in [0.2, 0.25) is 0 Å². The zero-order valence-electron chi connectivity index (χ0n) is 16.2. The number of hydrogen-bond donors (Lipinski definition) is 1. The Labute approximate surface area is 167 Å². The van der Waals surface area contributed by atoms with E-state index in [1.165, 1.54) is 12.1 Å². The van der Waals surface area contributed by atoms with Gasteiger partial charge < -0.3 is 15.2 Å². The van der Waals surface area contributed by atoms with Crippen molar-refractivity contribution in [2.24, 2.45) is 12.8 Å². The van der Waals surface area contributed by atoms with Crippen LogP contribution in [0.15, 0.2) is 48.5 Å². The Kier molecular flexibility index (Phi) is 5.23. The third kappa shape index (κ3) is 4.09. The minimum atomic E-state index is -4.33. The highest BCUT2D eigenvalue weighted by molar-refractivity contribution is 5.75. The quantitative estimate of drug-likeness (QED) is 0.727. The second-order valence-electron chi connectivity index (χ2n) is 7.42. The molecule has 154 valence electrons. The number of imidazole rings is 1. The number of halogens is 3. The molecule has 2 N–H and O–H groups in total. The van der Waals surface area contributed by atoms with E-state index in [4.69, 9.17) is 5.73 Å². The predicted octanol–water partition coefficient (Wildman–Crippen LogP) is 3.24. The zero-order valence-corrected chi connectivity index (χ0v) is 16.2. The fraction of sp³-hybridized carbons (Fsp3) is 0.381. The van der Waals surface area contributed by atoms with Crippen molar-refractivity contribution in [2.75, 3.05) is 31.1 Å². The van der Waals surface area contributed by atoms with Crippen LogP contribution in [0.3, 0.4) is 0 Å². The van der Waals surface area contributed by atoms with Crippen LogP contribution in [0.4, 0.5) is 18.9 Å². The maximum Gasteiger partial charge on any atom is 0.416 e. The first-order valence-corrected chi connectivity index (χ1v) is 9.65. The summed E-state index contributed by atoms with van der Waals surface area (Å²) in [6, 6.07) is 13.5. The number of nitrogens with zero attached hydrogens (tertiary/aromatic N) is 4. The first kappa shape index (κ1) is 19.7. The Balaban J connectivity index is 1.40. The van der Waals surface area contributed by atoms with Gasteiger partial charge in [0.05, 0.1) is 22.8 Å². The SMILES string of the molecule is Cn1c(CC(N)N2CCN(c3cccc(C(F)(F)F)c3)CC2)nc2ccccc21. The number of fused-ring (bicyclic) bond motifs is 1. The van der Waals surface area contributed by atoms with Gasteiger partial charge in [0, 0.05) is 45.3 Å². The summed E-state index contributed by atoms with van der Waals surface area (Å²) >= 11 is 0. The summed E-state index contributed by atoms with van der Waals surface area (Å²) in [6.45, 7) is 2.66. The van der Waals surface area contributed by atoms with Crippen molar-refractivity contribution >= 4 is 16.7 Å². The third-order valence-electron chi connectivity index (χ3n) is 5.59. The molecule has 0 amide bonds. The van der Waals surface area contributed by atoms with Gasteiger partial charge in [-0.25, -0.2) is 4.98 Å². The van der Waals surface area contributed by atoms with Crippen LogP contribution < -0.4 is 10.6 Å². The summed E-state index contributed by atoms with van der Waals surface area (Å²) in [5.41, 5.74) is 8.45. The molecule has 2 heterocycles. The lowest BCUT2D eigenvalue weighted by molar-refractivity contribution is -0.137. The lowest BCUT2D eigenvalue weighted by Crippen LogP contribution is -2.54. The van der Waals surface area contributed by atoms with E-state index in [0.29, 0.717) is 38.3 Å². The van der Waals surface area contributed by atoms with Crippen molar-refractivity contribution in [3.05, 3.63) is 59.9 Å². The second-order valence-corrected chi connectivity index (χ2v) is 7.42. The molecular weight excluding hydrogens is 379 g/mol. The van der Waals surface area contributed by atoms with E-state index in [1.807, 2.05) is 36.2 Å². The zero-order chi connectivity index (χ0) is 20.6. The van der Waals surface area contributed by atoms with Crippen LogP contribution in [0.2, 0.25) is 0 Å². The predicted molar refractivity (Wildman–Crippen MR) is 108 cm³/mol. The molecule has 1 unspecified atom stereocenters. The summed E-state index contributed by atoms with van der Waals surface area (Å²) in [7, 11) is 1.99. The fourth-order valence-corrected chi connectivity index (χ4v) is 3.88. The number of aromatic nitrogens is 2. The van der Waals surface area contributed by atoms with Crippen LogP contribution in [0.5, 0.6) is 0 Å². The minimum absolute atomic E-state index is 0.186. The van der Waals surface area contributed by atoms with Gasteiger partial charge in [0.15, 0.2) is 0 Å². The Morgan fingerprint density at radius 2 is 1.76 bits per heavy atom. The van der Waals surface area contributed by atoms with Crippen LogP contribution in [0, 0.1) is 0 Å². The minimum Gasteiger partial charge on any atom is -0.369 e. The molecule has 1 aliphatic heterocycles. The van der Waals surface area contributed by atoms with E-state index < -0.39 is 11.7 Å². The van der Waals surface area contributed by atoms with E-state index >= 15 is 0 Å². The van der Waals surface area contributed by atoms with Crippen LogP contribution in [0.25, 0.3) is 11.0 Å². The molecular formula is C21H24F3N5. The van der Waals surface area contributed by atoms with Crippen LogP contribution in [-0.2, 0) is 19.6 Å². The van der Waals surface area contributed by atoms with Gasteiger partial charge in [0.1, 0.15) is 5.82 Å². The largest absolute Gasteiger partial charge is 0.416 e. The number of rotatable bonds is 4. The van der Waals surface area contributed by atoms with Gasteiger partial charge in [0.25, 0.3) is 0 Å². The lowest BCUT2D eigenvalue weighted by Gasteiger charge is -2.39. The molecule has 1 atom stereocenters. The monoisotopic (exact) mass is 403 g/mol. The number of hydrogen-bond acceptors (Lipinski definition) is 4. The number of alkyl halides is 3. The van der Waals surface area contributed by atoms with Crippen molar-refractivity contribution in [2.45, 2.75) is 18.8 Å². The molecule has 8 heteroatoms. The first-order valence-electron chi connectivity index (χ1n) is 9.65. The molecule has 4 rings (SSSR count). The number of anilines is 1. The Hall–Kier alpha value is -2.58. The molecule has 3 aromatic rings. The third-order valence-corrected chi connectivity index (χ3v) is 5.59. The first-order chi connectivity index (χ1) is 13.8. The van der Waals surface area contributed by atoms with Crippen molar-refractivity contribution in [1.29, 1.82) is 0 Å². The molecule has 5 nitrogen and oxygen atoms in total. The van der Waals surface area contributed by atoms with E-state index in [1.54, 1.807) is 6.07 Å². The summed E-state index contributed by atoms with van der Waals surface area (Å²) < 4.78 is 41.0. The summed E-state index contributed by atoms with van der Waals surface area (Å²) in [5.74, 6) is 0.930. The number of benzene rings is 2. The van der Waals surface area contributed by atoms with E-state index in [0.717, 1.165) is 22.9 Å². The van der Waals surface area contributed by atoms with Crippen molar-refractivity contribution in [3.8, 4) is 0 Å². The molecule has 0 bridgehead atoms. The van der Waals surface area contributed by atoms with Crippen molar-refractivity contribution in [3.63, 3.8) is 0 Å². The Morgan fingerprint density at radius 3 is 2.45 bits per heavy atom. The summed E-state index contributed by atoms with van der Waals surface area (Å²) in [6.07, 6.45) is -3.89. The molecule has 29 heavy (non-hydrogen) atoms. The molecule has 0 aliphatic carbocycles. The summed E-state index contributed by atoms with van der Waals surface area (Å²) in [5, 5.41) is 0. The molecule has 1 aromatic heterocycles. The molecule has 1 saturated heterocycles. The van der Waals surface area contributed by atoms with E-state index in [9.17, 15) is 13.2 Å².